The molecule has 2 heterocycles. The van der Waals surface area contributed by atoms with Gasteiger partial charge >= 0.3 is 0 Å². The van der Waals surface area contributed by atoms with Crippen LogP contribution in [0.1, 0.15) is 51.7 Å². The van der Waals surface area contributed by atoms with Gasteiger partial charge in [-0.3, -0.25) is 0 Å². The number of hydrogen-bond acceptors (Lipinski definition) is 1. The van der Waals surface area contributed by atoms with Gasteiger partial charge in [0, 0.05) is 50.4 Å². The summed E-state index contributed by atoms with van der Waals surface area (Å²) >= 11 is 0. The molecular formula is C55H48N4. The lowest BCUT2D eigenvalue weighted by molar-refractivity contribution is 1.04. The van der Waals surface area contributed by atoms with Gasteiger partial charge in [0.2, 0.25) is 0 Å². The fourth-order valence-corrected chi connectivity index (χ4v) is 7.51. The molecule has 4 nitrogen and oxygen atoms in total. The van der Waals surface area contributed by atoms with E-state index in [9.17, 15) is 0 Å². The summed E-state index contributed by atoms with van der Waals surface area (Å²) in [6, 6.07) is 43.7. The molecule has 0 aliphatic rings. The summed E-state index contributed by atoms with van der Waals surface area (Å²) in [5, 5.41) is 2.30. The van der Waals surface area contributed by atoms with E-state index in [1.807, 2.05) is 85.8 Å². The second kappa shape index (κ2) is 17.7. The normalized spacial score (nSPS) is 12.7. The van der Waals surface area contributed by atoms with E-state index in [4.69, 9.17) is 9.98 Å². The Kier molecular flexibility index (Phi) is 11.9. The third-order valence-electron chi connectivity index (χ3n) is 10.7. The number of para-hydroxylation sites is 1. The van der Waals surface area contributed by atoms with Gasteiger partial charge in [-0.05, 0) is 103 Å². The highest BCUT2D eigenvalue weighted by atomic mass is 15.0. The Balaban J connectivity index is 1.36. The van der Waals surface area contributed by atoms with E-state index in [0.29, 0.717) is 11.5 Å². The van der Waals surface area contributed by atoms with Crippen molar-refractivity contribution in [2.24, 2.45) is 9.98 Å². The van der Waals surface area contributed by atoms with Gasteiger partial charge in [0.25, 0.3) is 0 Å². The van der Waals surface area contributed by atoms with Crippen LogP contribution in [0.15, 0.2) is 207 Å². The Morgan fingerprint density at radius 3 is 1.95 bits per heavy atom. The minimum atomic E-state index is 0.599. The zero-order chi connectivity index (χ0) is 41.5. The number of rotatable bonds is 13. The monoisotopic (exact) mass is 764 g/mol. The van der Waals surface area contributed by atoms with Crippen molar-refractivity contribution in [2.75, 3.05) is 0 Å². The number of aromatic nitrogens is 2. The Bertz CT molecular complexity index is 2920. The molecule has 7 aromatic rings. The van der Waals surface area contributed by atoms with Crippen LogP contribution in [0.3, 0.4) is 0 Å². The van der Waals surface area contributed by atoms with Crippen molar-refractivity contribution in [1.82, 2.24) is 9.13 Å². The van der Waals surface area contributed by atoms with Gasteiger partial charge < -0.3 is 9.13 Å². The average molecular weight is 765 g/mol. The van der Waals surface area contributed by atoms with Gasteiger partial charge in [-0.25, -0.2) is 9.98 Å². The van der Waals surface area contributed by atoms with E-state index in [1.165, 1.54) is 5.56 Å². The maximum atomic E-state index is 5.07. The molecule has 288 valence electrons. The number of benzene rings is 5. The summed E-state index contributed by atoms with van der Waals surface area (Å²) < 4.78 is 4.53. The largest absolute Gasteiger partial charge is 0.310 e. The van der Waals surface area contributed by atoms with E-state index in [-0.39, 0.29) is 0 Å². The zero-order valence-corrected chi connectivity index (χ0v) is 34.1. The molecule has 2 aromatic heterocycles. The summed E-state index contributed by atoms with van der Waals surface area (Å²) in [5.41, 5.74) is 14.9. The fraction of sp³-hybridized carbons (Fsp3) is 0.0545. The van der Waals surface area contributed by atoms with Crippen molar-refractivity contribution in [1.29, 1.82) is 0 Å². The maximum Gasteiger partial charge on any atom is 0.160 e. The number of fused-ring (bicyclic) bond motifs is 3. The average Bonchev–Trinajstić information content (AvgIpc) is 3.73. The van der Waals surface area contributed by atoms with Crippen molar-refractivity contribution in [2.45, 2.75) is 20.8 Å². The Hall–Kier alpha value is -7.56. The molecule has 0 amide bonds. The van der Waals surface area contributed by atoms with Crippen LogP contribution >= 0.6 is 0 Å². The van der Waals surface area contributed by atoms with Crippen LogP contribution in [0.4, 0.5) is 0 Å². The molecule has 4 heteroatoms. The number of hydrogen-bond donors (Lipinski definition) is 0. The van der Waals surface area contributed by atoms with Crippen LogP contribution in [0.5, 0.6) is 0 Å². The number of amidine groups is 1. The zero-order valence-electron chi connectivity index (χ0n) is 34.1. The molecule has 0 fully saturated rings. The van der Waals surface area contributed by atoms with E-state index < -0.39 is 0 Å². The van der Waals surface area contributed by atoms with Crippen molar-refractivity contribution >= 4 is 62.5 Å². The Morgan fingerprint density at radius 2 is 1.25 bits per heavy atom. The molecule has 7 rings (SSSR count). The summed E-state index contributed by atoms with van der Waals surface area (Å²) in [6.07, 6.45) is 15.7. The molecule has 0 unspecified atom stereocenters. The van der Waals surface area contributed by atoms with E-state index in [2.05, 4.69) is 141 Å². The second-order valence-electron chi connectivity index (χ2n) is 14.2. The highest BCUT2D eigenvalue weighted by Gasteiger charge is 2.19. The summed E-state index contributed by atoms with van der Waals surface area (Å²) in [7, 11) is 0. The number of aliphatic imine (C=N–C) groups is 2. The SMILES string of the molecule is C=C/C=C\c1c(C)c(C)c(/C=C(\C=C)c2ccc3c(c2)c2ccccc2n3/C(C=C)=C/C=C)n1-c1cccc(C(=C)N=C(N=C(C)c2ccccc2)c2ccccc2)c1. The van der Waals surface area contributed by atoms with E-state index in [1.54, 1.807) is 12.2 Å². The molecule has 5 aromatic carbocycles. The first-order valence-corrected chi connectivity index (χ1v) is 19.7. The van der Waals surface area contributed by atoms with Crippen molar-refractivity contribution in [3.05, 3.63) is 242 Å². The van der Waals surface area contributed by atoms with Gasteiger partial charge in [0.1, 0.15) is 0 Å². The lowest BCUT2D eigenvalue weighted by Gasteiger charge is -2.14. The summed E-state index contributed by atoms with van der Waals surface area (Å²) in [5.74, 6) is 0.599. The van der Waals surface area contributed by atoms with Crippen LogP contribution < -0.4 is 0 Å². The van der Waals surface area contributed by atoms with Gasteiger partial charge in [-0.15, -0.1) is 0 Å². The minimum Gasteiger partial charge on any atom is -0.310 e. The summed E-state index contributed by atoms with van der Waals surface area (Å²) in [4.78, 5) is 10.1. The van der Waals surface area contributed by atoms with Gasteiger partial charge in [-0.1, -0.05) is 154 Å². The van der Waals surface area contributed by atoms with Crippen molar-refractivity contribution < 1.29 is 0 Å². The van der Waals surface area contributed by atoms with Crippen LogP contribution in [0.25, 0.3) is 56.6 Å². The highest BCUT2D eigenvalue weighted by Crippen LogP contribution is 2.36. The van der Waals surface area contributed by atoms with Gasteiger partial charge in [0.15, 0.2) is 5.84 Å². The summed E-state index contributed by atoms with van der Waals surface area (Å²) in [6.45, 7) is 27.1. The molecule has 0 aliphatic carbocycles. The van der Waals surface area contributed by atoms with Gasteiger partial charge in [0.05, 0.1) is 16.7 Å². The molecule has 59 heavy (non-hydrogen) atoms. The molecule has 0 spiro atoms. The molecule has 0 N–H and O–H groups in total. The first kappa shape index (κ1) is 39.7. The smallest absolute Gasteiger partial charge is 0.160 e. The van der Waals surface area contributed by atoms with Crippen molar-refractivity contribution in [3.8, 4) is 5.69 Å². The van der Waals surface area contributed by atoms with Crippen LogP contribution in [0, 0.1) is 13.8 Å². The van der Waals surface area contributed by atoms with Crippen LogP contribution in [0.2, 0.25) is 0 Å². The lowest BCUT2D eigenvalue weighted by atomic mass is 10.0. The standard InChI is InChI=1S/C55H48N4/c1-9-13-31-51-38(5)39(6)54(37-42(11-3)46-33-34-53-50(36-46)49-30-20-21-32-52(49)58(53)47(12-4)23-10-2)59(51)48-29-22-28-45(35-48)41(8)57-55(44-26-18-15-19-27-44)56-40(7)43-24-16-14-17-25-43/h9-37H,1-4,8H2,5-7H3/b31-13-,42-37+,47-23+,56-40?,57-55?. The molecule has 0 atom stereocenters. The molecule has 0 bridgehead atoms. The second-order valence-corrected chi connectivity index (χ2v) is 14.2. The Labute approximate surface area is 348 Å². The molecule has 0 aliphatic heterocycles. The van der Waals surface area contributed by atoms with E-state index >= 15 is 0 Å². The molecule has 0 radical (unpaired) electrons. The topological polar surface area (TPSA) is 34.6 Å². The maximum absolute atomic E-state index is 5.07. The number of allylic oxidation sites excluding steroid dienone is 8. The first-order valence-electron chi connectivity index (χ1n) is 19.7. The third kappa shape index (κ3) is 8.03. The van der Waals surface area contributed by atoms with E-state index in [0.717, 1.165) is 83.7 Å². The minimum absolute atomic E-state index is 0.599. The third-order valence-corrected chi connectivity index (χ3v) is 10.7. The highest BCUT2D eigenvalue weighted by molar-refractivity contribution is 6.13. The fourth-order valence-electron chi connectivity index (χ4n) is 7.51. The quantitative estimate of drug-likeness (QED) is 0.0637. The Morgan fingerprint density at radius 1 is 0.593 bits per heavy atom. The van der Waals surface area contributed by atoms with Gasteiger partial charge in [-0.2, -0.15) is 0 Å². The molecule has 0 saturated carbocycles. The predicted octanol–water partition coefficient (Wildman–Crippen LogP) is 14.3. The van der Waals surface area contributed by atoms with Crippen LogP contribution in [-0.2, 0) is 0 Å². The molecular weight excluding hydrogens is 717 g/mol. The first-order chi connectivity index (χ1) is 28.8. The predicted molar refractivity (Wildman–Crippen MR) is 257 cm³/mol. The molecule has 0 saturated heterocycles. The number of nitrogens with zero attached hydrogens (tertiary/aromatic N) is 4. The van der Waals surface area contributed by atoms with Crippen LogP contribution in [-0.4, -0.2) is 20.7 Å². The van der Waals surface area contributed by atoms with Crippen molar-refractivity contribution in [3.63, 3.8) is 0 Å². The lowest BCUT2D eigenvalue weighted by Crippen LogP contribution is -2.04.